The first-order valence-corrected chi connectivity index (χ1v) is 10.1. The average Bonchev–Trinajstić information content (AvgIpc) is 3.19. The third-order valence-electron chi connectivity index (χ3n) is 4.49. The van der Waals surface area contributed by atoms with E-state index in [9.17, 15) is 22.8 Å². The van der Waals surface area contributed by atoms with Gasteiger partial charge in [0.15, 0.2) is 5.69 Å². The van der Waals surface area contributed by atoms with E-state index >= 15 is 0 Å². The number of alkyl halides is 3. The lowest BCUT2D eigenvalue weighted by Gasteiger charge is -2.13. The molecule has 0 spiro atoms. The topological polar surface area (TPSA) is 76.0 Å². The number of rotatable bonds is 7. The second kappa shape index (κ2) is 9.86. The van der Waals surface area contributed by atoms with E-state index in [2.05, 4.69) is 15.7 Å². The van der Waals surface area contributed by atoms with Crippen LogP contribution in [0.1, 0.15) is 41.4 Å². The van der Waals surface area contributed by atoms with E-state index in [-0.39, 0.29) is 18.1 Å². The van der Waals surface area contributed by atoms with Crippen LogP contribution < -0.4 is 10.6 Å². The first-order valence-electron chi connectivity index (χ1n) is 9.77. The number of amides is 2. The number of nitrogens with zero attached hydrogens (tertiary/aromatic N) is 2. The highest BCUT2D eigenvalue weighted by molar-refractivity contribution is 6.30. The Morgan fingerprint density at radius 3 is 2.50 bits per heavy atom. The van der Waals surface area contributed by atoms with Gasteiger partial charge >= 0.3 is 6.18 Å². The Kier molecular flexibility index (Phi) is 7.19. The van der Waals surface area contributed by atoms with Gasteiger partial charge in [-0.1, -0.05) is 30.7 Å². The van der Waals surface area contributed by atoms with Crippen LogP contribution in [0.4, 0.5) is 18.9 Å². The average molecular weight is 465 g/mol. The largest absolute Gasteiger partial charge is 0.434 e. The summed E-state index contributed by atoms with van der Waals surface area (Å²) in [4.78, 5) is 24.3. The number of anilines is 1. The van der Waals surface area contributed by atoms with Gasteiger partial charge in [-0.05, 0) is 48.4 Å². The first kappa shape index (κ1) is 23.3. The van der Waals surface area contributed by atoms with E-state index in [1.54, 1.807) is 24.3 Å². The summed E-state index contributed by atoms with van der Waals surface area (Å²) in [5, 5.41) is 9.34. The highest BCUT2D eigenvalue weighted by Gasteiger charge is 2.40. The van der Waals surface area contributed by atoms with Crippen molar-refractivity contribution in [1.29, 1.82) is 0 Å². The zero-order valence-electron chi connectivity index (χ0n) is 17.0. The van der Waals surface area contributed by atoms with Crippen molar-refractivity contribution in [2.24, 2.45) is 0 Å². The van der Waals surface area contributed by atoms with Gasteiger partial charge in [0.25, 0.3) is 5.91 Å². The molecule has 1 heterocycles. The predicted octanol–water partition coefficient (Wildman–Crippen LogP) is 5.21. The molecule has 0 aliphatic heterocycles. The van der Waals surface area contributed by atoms with Gasteiger partial charge < -0.3 is 10.6 Å². The number of halogens is 4. The molecule has 0 unspecified atom stereocenters. The van der Waals surface area contributed by atoms with E-state index in [1.165, 1.54) is 24.3 Å². The Morgan fingerprint density at radius 2 is 1.84 bits per heavy atom. The number of nitrogens with one attached hydrogen (secondary N) is 2. The molecule has 10 heteroatoms. The minimum Gasteiger partial charge on any atom is -0.348 e. The van der Waals surface area contributed by atoms with Crippen LogP contribution in [0.3, 0.4) is 0 Å². The molecule has 6 nitrogen and oxygen atoms in total. The van der Waals surface area contributed by atoms with E-state index < -0.39 is 23.3 Å². The maximum absolute atomic E-state index is 13.8. The predicted molar refractivity (Wildman–Crippen MR) is 115 cm³/mol. The van der Waals surface area contributed by atoms with Crippen molar-refractivity contribution in [3.05, 3.63) is 76.6 Å². The number of carbonyl (C=O) groups excluding carboxylic acids is 2. The van der Waals surface area contributed by atoms with E-state index in [1.807, 2.05) is 6.92 Å². The zero-order chi connectivity index (χ0) is 23.3. The van der Waals surface area contributed by atoms with Crippen molar-refractivity contribution in [3.63, 3.8) is 0 Å². The molecule has 0 aliphatic carbocycles. The van der Waals surface area contributed by atoms with Crippen LogP contribution >= 0.6 is 11.6 Å². The lowest BCUT2D eigenvalue weighted by Crippen LogP contribution is -2.26. The van der Waals surface area contributed by atoms with Gasteiger partial charge in [0.1, 0.15) is 0 Å². The van der Waals surface area contributed by atoms with Crippen LogP contribution in [0, 0.1) is 0 Å². The minimum atomic E-state index is -4.81. The smallest absolute Gasteiger partial charge is 0.348 e. The molecule has 2 N–H and O–H groups in total. The molecule has 168 valence electrons. The van der Waals surface area contributed by atoms with Crippen molar-refractivity contribution in [3.8, 4) is 5.69 Å². The summed E-state index contributed by atoms with van der Waals surface area (Å²) in [6.07, 6.45) is -2.86. The monoisotopic (exact) mass is 464 g/mol. The molecule has 2 amide bonds. The fraction of sp³-hybridized carbons (Fsp3) is 0.227. The normalized spacial score (nSPS) is 11.3. The number of benzene rings is 2. The maximum atomic E-state index is 13.8. The third-order valence-corrected chi connectivity index (χ3v) is 4.75. The molecule has 0 saturated heterocycles. The lowest BCUT2D eigenvalue weighted by atomic mass is 10.1. The Hall–Kier alpha value is -3.33. The second-order valence-electron chi connectivity index (χ2n) is 6.97. The van der Waals surface area contributed by atoms with Crippen LogP contribution in [-0.2, 0) is 17.5 Å². The molecular formula is C22H20ClF3N4O2. The summed E-state index contributed by atoms with van der Waals surface area (Å²) in [5.41, 5.74) is -0.498. The SMILES string of the molecule is CCCC(=O)Nc1cccc(CNC(=O)c2cnn(-c3ccc(Cl)cc3)c2C(F)(F)F)c1. The Balaban J connectivity index is 1.79. The molecule has 0 saturated carbocycles. The summed E-state index contributed by atoms with van der Waals surface area (Å²) < 4.78 is 41.9. The van der Waals surface area contributed by atoms with Gasteiger partial charge in [-0.25, -0.2) is 4.68 Å². The standard InChI is InChI=1S/C22H20ClF3N4O2/c1-2-4-19(31)29-16-6-3-5-14(11-16)12-27-21(32)18-13-28-30(20(18)22(24,25)26)17-9-7-15(23)8-10-17/h3,5-11,13H,2,4,12H2,1H3,(H,27,32)(H,29,31). The van der Waals surface area contributed by atoms with Crippen LogP contribution in [-0.4, -0.2) is 21.6 Å². The van der Waals surface area contributed by atoms with Crippen molar-refractivity contribution in [2.75, 3.05) is 5.32 Å². The Bertz CT molecular complexity index is 1110. The van der Waals surface area contributed by atoms with Crippen molar-refractivity contribution >= 4 is 29.1 Å². The van der Waals surface area contributed by atoms with Gasteiger partial charge in [0.2, 0.25) is 5.91 Å². The fourth-order valence-corrected chi connectivity index (χ4v) is 3.18. The number of hydrogen-bond acceptors (Lipinski definition) is 3. The highest BCUT2D eigenvalue weighted by atomic mass is 35.5. The summed E-state index contributed by atoms with van der Waals surface area (Å²) >= 11 is 5.80. The Morgan fingerprint density at radius 1 is 1.12 bits per heavy atom. The van der Waals surface area contributed by atoms with E-state index in [0.29, 0.717) is 33.8 Å². The molecule has 3 rings (SSSR count). The maximum Gasteiger partial charge on any atom is 0.434 e. The number of hydrogen-bond donors (Lipinski definition) is 2. The van der Waals surface area contributed by atoms with Crippen molar-refractivity contribution in [2.45, 2.75) is 32.5 Å². The molecule has 0 bridgehead atoms. The summed E-state index contributed by atoms with van der Waals surface area (Å²) in [5.74, 6) is -1.06. The van der Waals surface area contributed by atoms with Crippen molar-refractivity contribution < 1.29 is 22.8 Å². The van der Waals surface area contributed by atoms with Crippen LogP contribution in [0.5, 0.6) is 0 Å². The quantitative estimate of drug-likeness (QED) is 0.503. The number of aromatic nitrogens is 2. The summed E-state index contributed by atoms with van der Waals surface area (Å²) in [6.45, 7) is 1.86. The number of carbonyl (C=O) groups is 2. The highest BCUT2D eigenvalue weighted by Crippen LogP contribution is 2.34. The van der Waals surface area contributed by atoms with Crippen LogP contribution in [0.25, 0.3) is 5.69 Å². The van der Waals surface area contributed by atoms with Gasteiger partial charge in [0, 0.05) is 23.7 Å². The molecule has 1 aromatic heterocycles. The molecular weight excluding hydrogens is 445 g/mol. The van der Waals surface area contributed by atoms with Gasteiger partial charge in [0.05, 0.1) is 17.4 Å². The van der Waals surface area contributed by atoms with Gasteiger partial charge in [-0.2, -0.15) is 18.3 Å². The summed E-state index contributed by atoms with van der Waals surface area (Å²) in [6, 6.07) is 12.3. The van der Waals surface area contributed by atoms with Crippen molar-refractivity contribution in [1.82, 2.24) is 15.1 Å². The second-order valence-corrected chi connectivity index (χ2v) is 7.41. The first-order chi connectivity index (χ1) is 15.2. The Labute approximate surface area is 187 Å². The minimum absolute atomic E-state index is 0.0280. The fourth-order valence-electron chi connectivity index (χ4n) is 3.05. The zero-order valence-corrected chi connectivity index (χ0v) is 17.8. The molecule has 32 heavy (non-hydrogen) atoms. The van der Waals surface area contributed by atoms with E-state index in [4.69, 9.17) is 11.6 Å². The third kappa shape index (κ3) is 5.67. The van der Waals surface area contributed by atoms with Crippen LogP contribution in [0.15, 0.2) is 54.7 Å². The lowest BCUT2D eigenvalue weighted by molar-refractivity contribution is -0.143. The van der Waals surface area contributed by atoms with E-state index in [0.717, 1.165) is 6.20 Å². The molecule has 3 aromatic rings. The van der Waals surface area contributed by atoms with Gasteiger partial charge in [-0.3, -0.25) is 9.59 Å². The van der Waals surface area contributed by atoms with Gasteiger partial charge in [-0.15, -0.1) is 0 Å². The van der Waals surface area contributed by atoms with Crippen LogP contribution in [0.2, 0.25) is 5.02 Å². The molecule has 0 fully saturated rings. The summed E-state index contributed by atoms with van der Waals surface area (Å²) in [7, 11) is 0. The molecule has 0 radical (unpaired) electrons. The molecule has 2 aromatic carbocycles. The molecule has 0 aliphatic rings. The molecule has 0 atom stereocenters.